The molecule has 0 bridgehead atoms. The van der Waals surface area contributed by atoms with E-state index in [0.717, 1.165) is 0 Å². The van der Waals surface area contributed by atoms with E-state index in [9.17, 15) is 18.0 Å². The predicted molar refractivity (Wildman–Crippen MR) is 72.8 cm³/mol. The minimum Gasteiger partial charge on any atom is -0.398 e. The number of hydrogen-bond acceptors (Lipinski definition) is 2. The number of nitrogens with one attached hydrogen (secondary N) is 1. The Morgan fingerprint density at radius 1 is 1.05 bits per heavy atom. The van der Waals surface area contributed by atoms with E-state index in [2.05, 4.69) is 21.2 Å². The fraction of sp³-hybridized carbons (Fsp3) is 0. The molecule has 0 fully saturated rings. The molecule has 0 saturated heterocycles. The lowest BCUT2D eigenvalue weighted by Gasteiger charge is -2.09. The number of carbonyl (C=O) groups is 1. The van der Waals surface area contributed by atoms with E-state index >= 15 is 0 Å². The average molecular weight is 345 g/mol. The molecule has 0 aliphatic carbocycles. The van der Waals surface area contributed by atoms with Crippen LogP contribution in [0.3, 0.4) is 0 Å². The molecule has 0 heterocycles. The number of nitrogens with two attached hydrogens (primary N) is 1. The summed E-state index contributed by atoms with van der Waals surface area (Å²) < 4.78 is 39.9. The Balaban J connectivity index is 2.30. The first-order chi connectivity index (χ1) is 9.38. The van der Waals surface area contributed by atoms with Crippen LogP contribution < -0.4 is 11.1 Å². The van der Waals surface area contributed by atoms with Crippen molar-refractivity contribution in [3.05, 3.63) is 57.8 Å². The lowest BCUT2D eigenvalue weighted by molar-refractivity contribution is 0.102. The first kappa shape index (κ1) is 14.4. The minimum absolute atomic E-state index is 0.0948. The zero-order chi connectivity index (χ0) is 14.9. The molecule has 7 heteroatoms. The molecular weight excluding hydrogens is 337 g/mol. The van der Waals surface area contributed by atoms with Crippen molar-refractivity contribution in [1.82, 2.24) is 0 Å². The van der Waals surface area contributed by atoms with Crippen LogP contribution in [0.2, 0.25) is 0 Å². The van der Waals surface area contributed by atoms with Gasteiger partial charge in [0.2, 0.25) is 0 Å². The number of halogens is 4. The van der Waals surface area contributed by atoms with Gasteiger partial charge in [-0.15, -0.1) is 0 Å². The molecule has 0 saturated carbocycles. The molecule has 1 amide bonds. The number of rotatable bonds is 2. The smallest absolute Gasteiger partial charge is 0.257 e. The quantitative estimate of drug-likeness (QED) is 0.644. The maximum absolute atomic E-state index is 13.4. The number of nitrogen functional groups attached to an aromatic ring is 1. The maximum Gasteiger partial charge on any atom is 0.257 e. The summed E-state index contributed by atoms with van der Waals surface area (Å²) in [6.07, 6.45) is 0. The summed E-state index contributed by atoms with van der Waals surface area (Å²) in [5.41, 5.74) is 5.45. The van der Waals surface area contributed by atoms with Crippen LogP contribution in [0.25, 0.3) is 0 Å². The summed E-state index contributed by atoms with van der Waals surface area (Å²) in [5.74, 6) is -4.39. The molecule has 104 valence electrons. The van der Waals surface area contributed by atoms with E-state index in [0.29, 0.717) is 16.6 Å². The lowest BCUT2D eigenvalue weighted by atomic mass is 10.1. The van der Waals surface area contributed by atoms with Gasteiger partial charge in [0.1, 0.15) is 5.82 Å². The molecular formula is C13H8BrF3N2O. The van der Waals surface area contributed by atoms with Crippen LogP contribution in [0.4, 0.5) is 24.5 Å². The second-order valence-electron chi connectivity index (χ2n) is 3.93. The second kappa shape index (κ2) is 5.54. The zero-order valence-electron chi connectivity index (χ0n) is 9.88. The van der Waals surface area contributed by atoms with Crippen molar-refractivity contribution < 1.29 is 18.0 Å². The van der Waals surface area contributed by atoms with E-state index in [-0.39, 0.29) is 11.3 Å². The monoisotopic (exact) mass is 344 g/mol. The molecule has 0 aliphatic rings. The Bertz CT molecular complexity index is 692. The first-order valence-corrected chi connectivity index (χ1v) is 6.18. The Kier molecular flexibility index (Phi) is 3.99. The summed E-state index contributed by atoms with van der Waals surface area (Å²) in [6.45, 7) is 0. The van der Waals surface area contributed by atoms with Crippen molar-refractivity contribution in [2.75, 3.05) is 11.1 Å². The number of amides is 1. The second-order valence-corrected chi connectivity index (χ2v) is 4.85. The third-order valence-electron chi connectivity index (χ3n) is 2.52. The van der Waals surface area contributed by atoms with Gasteiger partial charge in [-0.25, -0.2) is 13.2 Å². The van der Waals surface area contributed by atoms with Crippen molar-refractivity contribution in [3.63, 3.8) is 0 Å². The first-order valence-electron chi connectivity index (χ1n) is 5.39. The van der Waals surface area contributed by atoms with Gasteiger partial charge in [0.15, 0.2) is 11.6 Å². The molecule has 20 heavy (non-hydrogen) atoms. The van der Waals surface area contributed by atoms with Gasteiger partial charge in [-0.1, -0.05) is 15.9 Å². The highest BCUT2D eigenvalue weighted by Crippen LogP contribution is 2.22. The molecule has 0 radical (unpaired) electrons. The van der Waals surface area contributed by atoms with Gasteiger partial charge in [0, 0.05) is 22.3 Å². The average Bonchev–Trinajstić information content (AvgIpc) is 2.35. The highest BCUT2D eigenvalue weighted by atomic mass is 79.9. The Morgan fingerprint density at radius 3 is 2.35 bits per heavy atom. The fourth-order valence-corrected chi connectivity index (χ4v) is 1.93. The molecule has 2 aromatic rings. The maximum atomic E-state index is 13.4. The van der Waals surface area contributed by atoms with Gasteiger partial charge < -0.3 is 11.1 Å². The van der Waals surface area contributed by atoms with Crippen LogP contribution in [-0.2, 0) is 0 Å². The Hall–Kier alpha value is -2.02. The largest absolute Gasteiger partial charge is 0.398 e. The third kappa shape index (κ3) is 2.93. The zero-order valence-corrected chi connectivity index (χ0v) is 11.5. The van der Waals surface area contributed by atoms with E-state index in [1.54, 1.807) is 6.07 Å². The topological polar surface area (TPSA) is 55.1 Å². The number of hydrogen-bond donors (Lipinski definition) is 2. The SMILES string of the molecule is Nc1cc(Br)ccc1C(=O)Nc1cc(F)c(F)cc1F. The van der Waals surface area contributed by atoms with Gasteiger partial charge in [-0.3, -0.25) is 4.79 Å². The molecule has 0 atom stereocenters. The van der Waals surface area contributed by atoms with Gasteiger partial charge in [-0.05, 0) is 18.2 Å². The van der Waals surface area contributed by atoms with Crippen molar-refractivity contribution in [2.45, 2.75) is 0 Å². The van der Waals surface area contributed by atoms with Crippen LogP contribution >= 0.6 is 15.9 Å². The molecule has 0 aromatic heterocycles. The summed E-state index contributed by atoms with van der Waals surface area (Å²) in [4.78, 5) is 11.9. The highest BCUT2D eigenvalue weighted by molar-refractivity contribution is 9.10. The van der Waals surface area contributed by atoms with E-state index in [1.807, 2.05) is 0 Å². The molecule has 0 spiro atoms. The Morgan fingerprint density at radius 2 is 1.70 bits per heavy atom. The lowest BCUT2D eigenvalue weighted by Crippen LogP contribution is -2.15. The summed E-state index contributed by atoms with van der Waals surface area (Å²) in [6, 6.07) is 5.42. The highest BCUT2D eigenvalue weighted by Gasteiger charge is 2.15. The molecule has 0 aliphatic heterocycles. The number of anilines is 2. The standard InChI is InChI=1S/C13H8BrF3N2O/c14-6-1-2-7(11(18)3-6)13(20)19-12-5-9(16)8(15)4-10(12)17/h1-5H,18H2,(H,19,20). The predicted octanol–water partition coefficient (Wildman–Crippen LogP) is 3.70. The summed E-state index contributed by atoms with van der Waals surface area (Å²) in [7, 11) is 0. The number of carbonyl (C=O) groups excluding carboxylic acids is 1. The van der Waals surface area contributed by atoms with Crippen molar-refractivity contribution in [3.8, 4) is 0 Å². The Labute approximate surface area is 120 Å². The third-order valence-corrected chi connectivity index (χ3v) is 3.01. The van der Waals surface area contributed by atoms with Crippen LogP contribution in [0.5, 0.6) is 0 Å². The summed E-state index contributed by atoms with van der Waals surface area (Å²) in [5, 5.41) is 2.14. The van der Waals surface area contributed by atoms with Crippen LogP contribution in [0, 0.1) is 17.5 Å². The van der Waals surface area contributed by atoms with Gasteiger partial charge in [0.25, 0.3) is 5.91 Å². The summed E-state index contributed by atoms with van der Waals surface area (Å²) >= 11 is 3.18. The van der Waals surface area contributed by atoms with E-state index in [4.69, 9.17) is 5.73 Å². The van der Waals surface area contributed by atoms with E-state index in [1.165, 1.54) is 12.1 Å². The van der Waals surface area contributed by atoms with Crippen LogP contribution in [0.15, 0.2) is 34.8 Å². The van der Waals surface area contributed by atoms with Gasteiger partial charge >= 0.3 is 0 Å². The molecule has 2 rings (SSSR count). The van der Waals surface area contributed by atoms with Crippen molar-refractivity contribution in [1.29, 1.82) is 0 Å². The van der Waals surface area contributed by atoms with Crippen molar-refractivity contribution >= 4 is 33.2 Å². The minimum atomic E-state index is -1.33. The molecule has 3 N–H and O–H groups in total. The van der Waals surface area contributed by atoms with Gasteiger partial charge in [-0.2, -0.15) is 0 Å². The number of benzene rings is 2. The normalized spacial score (nSPS) is 10.4. The molecule has 2 aromatic carbocycles. The van der Waals surface area contributed by atoms with Crippen molar-refractivity contribution in [2.24, 2.45) is 0 Å². The van der Waals surface area contributed by atoms with E-state index < -0.39 is 29.0 Å². The van der Waals surface area contributed by atoms with Gasteiger partial charge in [0.05, 0.1) is 11.3 Å². The van der Waals surface area contributed by atoms with Crippen LogP contribution in [0.1, 0.15) is 10.4 Å². The fourth-order valence-electron chi connectivity index (χ4n) is 1.55. The molecule has 0 unspecified atom stereocenters. The molecule has 3 nitrogen and oxygen atoms in total. The van der Waals surface area contributed by atoms with Crippen LogP contribution in [-0.4, -0.2) is 5.91 Å².